The zero-order valence-electron chi connectivity index (χ0n) is 32.9. The number of hydrogen-bond donors (Lipinski definition) is 6. The summed E-state index contributed by atoms with van der Waals surface area (Å²) in [6.07, 6.45) is 25.5. The van der Waals surface area contributed by atoms with Crippen molar-refractivity contribution in [1.82, 2.24) is 36.8 Å². The molecular formula is C39H73N9O2Si2. The molecule has 16 unspecified atom stereocenters. The van der Waals surface area contributed by atoms with Crippen molar-refractivity contribution >= 4 is 19.3 Å². The van der Waals surface area contributed by atoms with Crippen LogP contribution in [0.3, 0.4) is 0 Å². The molecule has 0 aromatic rings. The minimum absolute atomic E-state index is 0. The summed E-state index contributed by atoms with van der Waals surface area (Å²) >= 11 is 0. The third-order valence-electron chi connectivity index (χ3n) is 15.0. The van der Waals surface area contributed by atoms with Crippen LogP contribution in [-0.2, 0) is 0 Å². The van der Waals surface area contributed by atoms with Gasteiger partial charge in [-0.05, 0) is 100 Å². The molecule has 0 spiro atoms. The van der Waals surface area contributed by atoms with Crippen LogP contribution in [0.5, 0.6) is 0 Å². The summed E-state index contributed by atoms with van der Waals surface area (Å²) in [6.45, 7) is 4.81. The Balaban J connectivity index is 0.000000343. The van der Waals surface area contributed by atoms with E-state index in [1.165, 1.54) is 103 Å². The van der Waals surface area contributed by atoms with Crippen LogP contribution < -0.4 is 36.7 Å². The zero-order chi connectivity index (χ0) is 34.4. The fourth-order valence-electron chi connectivity index (χ4n) is 12.6. The molecule has 16 atom stereocenters. The fourth-order valence-corrected chi connectivity index (χ4v) is 13.6. The van der Waals surface area contributed by atoms with Crippen LogP contribution >= 0.6 is 0 Å². The summed E-state index contributed by atoms with van der Waals surface area (Å²) in [5, 5.41) is 36.3. The van der Waals surface area contributed by atoms with Gasteiger partial charge in [0, 0.05) is 0 Å². The molecular weight excluding hydrogens is 683 g/mol. The molecule has 52 heavy (non-hydrogen) atoms. The van der Waals surface area contributed by atoms with Gasteiger partial charge >= 0.3 is 11.0 Å². The van der Waals surface area contributed by atoms with Crippen molar-refractivity contribution in [3.63, 3.8) is 0 Å². The fraction of sp³-hybridized carbons (Fsp3) is 1.00. The van der Waals surface area contributed by atoms with E-state index in [0.717, 1.165) is 19.0 Å². The molecule has 4 aliphatic carbocycles. The van der Waals surface area contributed by atoms with Crippen molar-refractivity contribution in [3.05, 3.63) is 10.6 Å². The van der Waals surface area contributed by atoms with Crippen molar-refractivity contribution in [2.75, 3.05) is 20.6 Å². The SMILES string of the molecule is C1CCC2C3[N-]C(NC4NC(NC5[N-]C(NC6NC(N3)C3CCCCC63)C3CCCCC53)C3CCCCC43)C2C1.CN(C)CCC[Si](C)(C)[O-].[OH-].[Si+4]. The van der Waals surface area contributed by atoms with Gasteiger partial charge < -0.3 is 47.1 Å². The summed E-state index contributed by atoms with van der Waals surface area (Å²) in [6, 6.07) is 0.908. The molecule has 5 saturated heterocycles. The molecule has 0 radical (unpaired) electrons. The predicted octanol–water partition coefficient (Wildman–Crippen LogP) is 4.12. The maximum atomic E-state index is 11.2. The van der Waals surface area contributed by atoms with Crippen molar-refractivity contribution < 1.29 is 10.3 Å². The predicted molar refractivity (Wildman–Crippen MR) is 211 cm³/mol. The minimum atomic E-state index is -2.00. The van der Waals surface area contributed by atoms with E-state index in [-0.39, 0.29) is 41.1 Å². The van der Waals surface area contributed by atoms with Gasteiger partial charge in [0.2, 0.25) is 0 Å². The molecule has 5 heterocycles. The molecule has 9 fully saturated rings. The standard InChI is InChI=1S/C32H54N8.C7H18NOSi.H2O.Si/c1-2-10-18-17(9-1)25-33-26(18)38-28-21-13-5-6-14-22(21)30(35-28)40-32-24-16-8-7-15-23(24)31(36-32)39-29-20-12-4-3-11-19(20)27(34-29)37-25;1-8(2)6-5-7-10(3,4)9;;/h17-33,36-40H,1-16H2;5-7H2,1-4H3;1H2;/q-2;-1;;+4/p-1. The molecule has 0 aromatic heterocycles. The number of rotatable bonds is 4. The number of nitrogens with one attached hydrogen (secondary N) is 6. The van der Waals surface area contributed by atoms with E-state index in [2.05, 4.69) is 36.8 Å². The van der Waals surface area contributed by atoms with Crippen LogP contribution in [0.2, 0.25) is 19.1 Å². The van der Waals surface area contributed by atoms with E-state index >= 15 is 0 Å². The summed E-state index contributed by atoms with van der Waals surface area (Å²) in [5.74, 6) is 5.59. The smallest absolute Gasteiger partial charge is 0.870 e. The Morgan fingerprint density at radius 1 is 0.500 bits per heavy atom. The summed E-state index contributed by atoms with van der Waals surface area (Å²) in [4.78, 5) is 13.3. The molecule has 9 aliphatic rings. The topological polar surface area (TPSA) is 157 Å². The molecule has 13 heteroatoms. The van der Waals surface area contributed by atoms with Crippen LogP contribution in [0.25, 0.3) is 10.6 Å². The van der Waals surface area contributed by atoms with E-state index in [4.69, 9.17) is 10.6 Å². The minimum Gasteiger partial charge on any atom is -0.870 e. The van der Waals surface area contributed by atoms with Crippen LogP contribution in [-0.4, -0.2) is 99.6 Å². The van der Waals surface area contributed by atoms with Gasteiger partial charge in [-0.1, -0.05) is 129 Å². The molecule has 5 aliphatic heterocycles. The summed E-state index contributed by atoms with van der Waals surface area (Å²) in [5.41, 5.74) is 0. The Bertz CT molecular complexity index is 912. The average Bonchev–Trinajstić information content (AvgIpc) is 3.84. The second-order valence-electron chi connectivity index (χ2n) is 19.1. The molecule has 0 amide bonds. The Morgan fingerprint density at radius 2 is 0.769 bits per heavy atom. The third-order valence-corrected chi connectivity index (χ3v) is 16.5. The zero-order valence-corrected chi connectivity index (χ0v) is 34.9. The van der Waals surface area contributed by atoms with Gasteiger partial charge in [-0.2, -0.15) is 0 Å². The molecule has 4 saturated carbocycles. The summed E-state index contributed by atoms with van der Waals surface area (Å²) < 4.78 is 0. The molecule has 11 nitrogen and oxygen atoms in total. The summed E-state index contributed by atoms with van der Waals surface area (Å²) in [7, 11) is 2.08. The number of hydrogen-bond acceptors (Lipinski definition) is 9. The van der Waals surface area contributed by atoms with Crippen molar-refractivity contribution in [2.24, 2.45) is 47.3 Å². The third kappa shape index (κ3) is 9.08. The maximum Gasteiger partial charge on any atom is 4.00 e. The Morgan fingerprint density at radius 3 is 1.02 bits per heavy atom. The van der Waals surface area contributed by atoms with Gasteiger partial charge in [0.1, 0.15) is 0 Å². The van der Waals surface area contributed by atoms with E-state index in [1.807, 2.05) is 27.2 Å². The number of nitrogens with zero attached hydrogens (tertiary/aromatic N) is 3. The largest absolute Gasteiger partial charge is 4.00 e. The molecule has 0 aromatic carbocycles. The quantitative estimate of drug-likeness (QED) is 0.233. The van der Waals surface area contributed by atoms with E-state index < -0.39 is 8.32 Å². The van der Waals surface area contributed by atoms with Gasteiger partial charge in [0.15, 0.2) is 0 Å². The van der Waals surface area contributed by atoms with Crippen molar-refractivity contribution in [1.29, 1.82) is 0 Å². The first-order chi connectivity index (χ1) is 24.2. The first kappa shape index (κ1) is 41.6. The van der Waals surface area contributed by atoms with Gasteiger partial charge in [0.05, 0.1) is 24.7 Å². The first-order valence-corrected chi connectivity index (χ1v) is 24.6. The number of fused-ring (bicyclic) bond motifs is 20. The molecule has 8 bridgehead atoms. The van der Waals surface area contributed by atoms with E-state index in [9.17, 15) is 4.80 Å². The Hall–Kier alpha value is -0.00623. The van der Waals surface area contributed by atoms with E-state index in [0.29, 0.717) is 72.0 Å². The molecule has 9 rings (SSSR count). The van der Waals surface area contributed by atoms with Crippen LogP contribution in [0.4, 0.5) is 0 Å². The second-order valence-corrected chi connectivity index (χ2v) is 23.1. The van der Waals surface area contributed by atoms with Crippen LogP contribution in [0, 0.1) is 47.3 Å². The Kier molecular flexibility index (Phi) is 14.5. The first-order valence-electron chi connectivity index (χ1n) is 21.5. The van der Waals surface area contributed by atoms with Gasteiger partial charge in [-0.3, -0.25) is 10.6 Å². The van der Waals surface area contributed by atoms with Crippen LogP contribution in [0.1, 0.15) is 109 Å². The van der Waals surface area contributed by atoms with E-state index in [1.54, 1.807) is 0 Å². The second kappa shape index (κ2) is 18.1. The Labute approximate surface area is 321 Å². The van der Waals surface area contributed by atoms with Gasteiger partial charge in [-0.25, -0.2) is 0 Å². The van der Waals surface area contributed by atoms with Gasteiger partial charge in [-0.15, -0.1) is 0 Å². The molecule has 294 valence electrons. The molecule has 7 N–H and O–H groups in total. The van der Waals surface area contributed by atoms with Crippen molar-refractivity contribution in [3.8, 4) is 0 Å². The maximum absolute atomic E-state index is 11.2. The normalized spacial score (nSPS) is 46.7. The van der Waals surface area contributed by atoms with Gasteiger partial charge in [0.25, 0.3) is 0 Å². The average molecular weight is 756 g/mol. The van der Waals surface area contributed by atoms with Crippen molar-refractivity contribution in [2.45, 2.75) is 178 Å². The monoisotopic (exact) mass is 756 g/mol. The van der Waals surface area contributed by atoms with Crippen LogP contribution in [0.15, 0.2) is 0 Å².